The number of alkyl halides is 1. The molecule has 10 heavy (non-hydrogen) atoms. The van der Waals surface area contributed by atoms with Gasteiger partial charge in [-0.3, -0.25) is 0 Å². The van der Waals surface area contributed by atoms with Crippen LogP contribution in [0.1, 0.15) is 11.9 Å². The summed E-state index contributed by atoms with van der Waals surface area (Å²) in [6.07, 6.45) is -0.755. The van der Waals surface area contributed by atoms with Crippen LogP contribution in [-0.4, -0.2) is 11.0 Å². The number of aliphatic hydroxyl groups excluding tert-OH is 1. The fourth-order valence-electron chi connectivity index (χ4n) is 0.583. The first-order chi connectivity index (χ1) is 4.74. The van der Waals surface area contributed by atoms with Gasteiger partial charge in [0.1, 0.15) is 11.9 Å². The molecule has 0 saturated carbocycles. The molecule has 0 aromatic carbocycles. The van der Waals surface area contributed by atoms with E-state index in [0.717, 1.165) is 0 Å². The van der Waals surface area contributed by atoms with Crippen molar-refractivity contribution >= 4 is 23.2 Å². The monoisotopic (exact) mass is 180 g/mol. The minimum Gasteiger partial charge on any atom is -0.447 e. The molecule has 0 amide bonds. The first-order valence-electron chi connectivity index (χ1n) is 2.73. The summed E-state index contributed by atoms with van der Waals surface area (Å²) in [5, 5.41) is 9.32. The fraction of sp³-hybridized carbons (Fsp3) is 0.333. The van der Waals surface area contributed by atoms with Crippen LogP contribution < -0.4 is 0 Å². The molecule has 0 bridgehead atoms. The Morgan fingerprint density at radius 2 is 2.30 bits per heavy atom. The number of aliphatic hydroxyl groups is 1. The van der Waals surface area contributed by atoms with Crippen LogP contribution in [0.4, 0.5) is 0 Å². The molecular weight excluding hydrogens is 175 g/mol. The Kier molecular flexibility index (Phi) is 2.60. The van der Waals surface area contributed by atoms with Gasteiger partial charge in [-0.2, -0.15) is 0 Å². The summed E-state index contributed by atoms with van der Waals surface area (Å²) in [5.41, 5.74) is 0. The smallest absolute Gasteiger partial charge is 0.193 e. The Balaban J connectivity index is 2.74. The maximum Gasteiger partial charge on any atom is 0.193 e. The van der Waals surface area contributed by atoms with Gasteiger partial charge >= 0.3 is 0 Å². The Labute approximate surface area is 68.4 Å². The second kappa shape index (κ2) is 3.28. The van der Waals surface area contributed by atoms with E-state index in [4.69, 9.17) is 32.7 Å². The molecule has 1 N–H and O–H groups in total. The van der Waals surface area contributed by atoms with E-state index in [1.165, 1.54) is 0 Å². The van der Waals surface area contributed by atoms with Gasteiger partial charge in [0, 0.05) is 0 Å². The average molecular weight is 181 g/mol. The molecule has 0 aliphatic rings. The van der Waals surface area contributed by atoms with Crippen LogP contribution in [0, 0.1) is 0 Å². The standard InChI is InChI=1S/C6H6Cl2O2/c7-3-4(9)5-1-2-6(8)10-5/h1-2,4,9H,3H2. The van der Waals surface area contributed by atoms with Crippen LogP contribution in [0.15, 0.2) is 16.5 Å². The van der Waals surface area contributed by atoms with Gasteiger partial charge in [-0.05, 0) is 23.7 Å². The molecule has 0 aliphatic heterocycles. The Morgan fingerprint density at radius 3 is 2.70 bits per heavy atom. The van der Waals surface area contributed by atoms with Gasteiger partial charge < -0.3 is 9.52 Å². The summed E-state index contributed by atoms with van der Waals surface area (Å²) in [6.45, 7) is 0. The topological polar surface area (TPSA) is 33.4 Å². The van der Waals surface area contributed by atoms with E-state index in [1.807, 2.05) is 0 Å². The lowest BCUT2D eigenvalue weighted by Gasteiger charge is -1.99. The van der Waals surface area contributed by atoms with Crippen LogP contribution in [0.5, 0.6) is 0 Å². The van der Waals surface area contributed by atoms with Crippen molar-refractivity contribution in [3.8, 4) is 0 Å². The van der Waals surface area contributed by atoms with Crippen LogP contribution in [0.2, 0.25) is 5.22 Å². The molecule has 0 fully saturated rings. The van der Waals surface area contributed by atoms with Gasteiger partial charge in [-0.25, -0.2) is 0 Å². The second-order valence-electron chi connectivity index (χ2n) is 1.81. The maximum atomic E-state index is 9.06. The van der Waals surface area contributed by atoms with E-state index >= 15 is 0 Å². The third kappa shape index (κ3) is 1.66. The van der Waals surface area contributed by atoms with Crippen molar-refractivity contribution in [3.05, 3.63) is 23.1 Å². The lowest BCUT2D eigenvalue weighted by atomic mass is 10.3. The van der Waals surface area contributed by atoms with Gasteiger partial charge in [0.25, 0.3) is 0 Å². The van der Waals surface area contributed by atoms with Crippen LogP contribution >= 0.6 is 23.2 Å². The van der Waals surface area contributed by atoms with E-state index in [2.05, 4.69) is 0 Å². The first kappa shape index (κ1) is 7.92. The zero-order chi connectivity index (χ0) is 7.56. The highest BCUT2D eigenvalue weighted by atomic mass is 35.5. The van der Waals surface area contributed by atoms with E-state index in [9.17, 15) is 0 Å². The average Bonchev–Trinajstić information content (AvgIpc) is 2.34. The minimum absolute atomic E-state index is 0.115. The molecule has 0 radical (unpaired) electrons. The molecule has 1 unspecified atom stereocenters. The minimum atomic E-state index is -0.755. The summed E-state index contributed by atoms with van der Waals surface area (Å²) >= 11 is 10.8. The lowest BCUT2D eigenvalue weighted by molar-refractivity contribution is 0.173. The van der Waals surface area contributed by atoms with Crippen molar-refractivity contribution in [1.29, 1.82) is 0 Å². The predicted octanol–water partition coefficient (Wildman–Crippen LogP) is 2.21. The summed E-state index contributed by atoms with van der Waals surface area (Å²) in [5.74, 6) is 0.518. The molecule has 1 aromatic rings. The van der Waals surface area contributed by atoms with Crippen molar-refractivity contribution in [2.75, 3.05) is 5.88 Å². The fourth-order valence-corrected chi connectivity index (χ4v) is 0.888. The second-order valence-corrected chi connectivity index (χ2v) is 2.49. The Morgan fingerprint density at radius 1 is 1.60 bits per heavy atom. The largest absolute Gasteiger partial charge is 0.447 e. The van der Waals surface area contributed by atoms with Crippen molar-refractivity contribution in [2.45, 2.75) is 6.10 Å². The van der Waals surface area contributed by atoms with Crippen molar-refractivity contribution in [3.63, 3.8) is 0 Å². The van der Waals surface area contributed by atoms with Gasteiger partial charge in [0.15, 0.2) is 5.22 Å². The van der Waals surface area contributed by atoms with Crippen molar-refractivity contribution in [1.82, 2.24) is 0 Å². The van der Waals surface area contributed by atoms with Gasteiger partial charge in [-0.15, -0.1) is 11.6 Å². The normalized spacial score (nSPS) is 13.5. The SMILES string of the molecule is OC(CCl)c1ccc(Cl)o1. The molecule has 4 heteroatoms. The summed E-state index contributed by atoms with van der Waals surface area (Å²) in [6, 6.07) is 3.15. The number of hydrogen-bond acceptors (Lipinski definition) is 2. The quantitative estimate of drug-likeness (QED) is 0.709. The molecule has 1 heterocycles. The highest BCUT2D eigenvalue weighted by Gasteiger charge is 2.09. The predicted molar refractivity (Wildman–Crippen MR) is 39.4 cm³/mol. The van der Waals surface area contributed by atoms with Gasteiger partial charge in [0.2, 0.25) is 0 Å². The summed E-state index contributed by atoms with van der Waals surface area (Å²) in [4.78, 5) is 0. The highest BCUT2D eigenvalue weighted by molar-refractivity contribution is 6.28. The van der Waals surface area contributed by atoms with Crippen molar-refractivity contribution in [2.24, 2.45) is 0 Å². The number of halogens is 2. The number of furan rings is 1. The van der Waals surface area contributed by atoms with E-state index < -0.39 is 6.10 Å². The highest BCUT2D eigenvalue weighted by Crippen LogP contribution is 2.20. The molecule has 0 spiro atoms. The first-order valence-corrected chi connectivity index (χ1v) is 3.64. The van der Waals surface area contributed by atoms with Crippen LogP contribution in [0.3, 0.4) is 0 Å². The van der Waals surface area contributed by atoms with Gasteiger partial charge in [-0.1, -0.05) is 0 Å². The Bertz CT molecular complexity index is 209. The third-order valence-corrected chi connectivity index (χ3v) is 1.56. The molecule has 1 atom stereocenters. The molecule has 2 nitrogen and oxygen atoms in total. The van der Waals surface area contributed by atoms with Crippen LogP contribution in [-0.2, 0) is 0 Å². The van der Waals surface area contributed by atoms with Crippen molar-refractivity contribution < 1.29 is 9.52 Å². The molecule has 0 aliphatic carbocycles. The molecule has 0 saturated heterocycles. The molecule has 1 rings (SSSR count). The Hall–Kier alpha value is -0.180. The van der Waals surface area contributed by atoms with Gasteiger partial charge in [0.05, 0.1) is 5.88 Å². The zero-order valence-corrected chi connectivity index (χ0v) is 6.56. The van der Waals surface area contributed by atoms with E-state index in [0.29, 0.717) is 5.76 Å². The summed E-state index contributed by atoms with van der Waals surface area (Å²) < 4.78 is 4.87. The molecular formula is C6H6Cl2O2. The summed E-state index contributed by atoms with van der Waals surface area (Å²) in [7, 11) is 0. The number of rotatable bonds is 2. The van der Waals surface area contributed by atoms with Crippen LogP contribution in [0.25, 0.3) is 0 Å². The zero-order valence-electron chi connectivity index (χ0n) is 5.05. The molecule has 56 valence electrons. The van der Waals surface area contributed by atoms with E-state index in [-0.39, 0.29) is 11.1 Å². The third-order valence-electron chi connectivity index (χ3n) is 1.07. The lowest BCUT2D eigenvalue weighted by Crippen LogP contribution is -1.95. The number of hydrogen-bond donors (Lipinski definition) is 1. The maximum absolute atomic E-state index is 9.06. The van der Waals surface area contributed by atoms with E-state index in [1.54, 1.807) is 12.1 Å². The molecule has 1 aromatic heterocycles.